The fourth-order valence-corrected chi connectivity index (χ4v) is 1.46. The van der Waals surface area contributed by atoms with Crippen molar-refractivity contribution in [2.75, 3.05) is 7.11 Å². The van der Waals surface area contributed by atoms with E-state index in [0.29, 0.717) is 0 Å². The quantitative estimate of drug-likeness (QED) is 0.459. The zero-order chi connectivity index (χ0) is 12.2. The highest BCUT2D eigenvalue weighted by Crippen LogP contribution is 2.37. The van der Waals surface area contributed by atoms with E-state index in [1.165, 1.54) is 18.2 Å². The zero-order valence-corrected chi connectivity index (χ0v) is 8.89. The second-order valence-electron chi connectivity index (χ2n) is 2.58. The van der Waals surface area contributed by atoms with Gasteiger partial charge in [-0.25, -0.2) is 4.79 Å². The van der Waals surface area contributed by atoms with Crippen LogP contribution in [0.25, 0.3) is 0 Å². The highest BCUT2D eigenvalue weighted by molar-refractivity contribution is 8.00. The van der Waals surface area contributed by atoms with Gasteiger partial charge in [0.25, 0.3) is 0 Å². The summed E-state index contributed by atoms with van der Waals surface area (Å²) in [6.45, 7) is 0. The molecular weight excluding hydrogens is 245 g/mol. The molecule has 7 heteroatoms. The lowest BCUT2D eigenvalue weighted by atomic mass is 10.3. The first-order chi connectivity index (χ1) is 7.40. The largest absolute Gasteiger partial charge is 0.513 e. The van der Waals surface area contributed by atoms with Crippen molar-refractivity contribution >= 4 is 17.9 Å². The molecule has 16 heavy (non-hydrogen) atoms. The topological polar surface area (TPSA) is 35.5 Å². The summed E-state index contributed by atoms with van der Waals surface area (Å²) >= 11 is -0.283. The highest BCUT2D eigenvalue weighted by atomic mass is 32.2. The average Bonchev–Trinajstić information content (AvgIpc) is 2.15. The molecule has 0 aromatic heterocycles. The van der Waals surface area contributed by atoms with Gasteiger partial charge in [-0.3, -0.25) is 0 Å². The summed E-state index contributed by atoms with van der Waals surface area (Å²) in [7, 11) is 1.11. The van der Waals surface area contributed by atoms with E-state index < -0.39 is 11.7 Å². The van der Waals surface area contributed by atoms with Crippen LogP contribution in [0, 0.1) is 0 Å². The molecule has 0 fully saturated rings. The van der Waals surface area contributed by atoms with Crippen LogP contribution in [0.1, 0.15) is 0 Å². The molecule has 1 aromatic carbocycles. The number of carbonyl (C=O) groups excluding carboxylic acids is 1. The van der Waals surface area contributed by atoms with Crippen LogP contribution in [0.3, 0.4) is 0 Å². The van der Waals surface area contributed by atoms with E-state index in [4.69, 9.17) is 0 Å². The number of alkyl halides is 3. The van der Waals surface area contributed by atoms with Crippen molar-refractivity contribution in [2.45, 2.75) is 10.4 Å². The van der Waals surface area contributed by atoms with Crippen LogP contribution in [0.15, 0.2) is 29.2 Å². The van der Waals surface area contributed by atoms with E-state index in [2.05, 4.69) is 9.47 Å². The first-order valence-corrected chi connectivity index (χ1v) is 4.84. The first-order valence-electron chi connectivity index (χ1n) is 4.02. The van der Waals surface area contributed by atoms with Crippen molar-refractivity contribution in [2.24, 2.45) is 0 Å². The third-order valence-electron chi connectivity index (χ3n) is 1.41. The summed E-state index contributed by atoms with van der Waals surface area (Å²) in [5.41, 5.74) is -4.37. The van der Waals surface area contributed by atoms with Gasteiger partial charge in [0.05, 0.1) is 7.11 Å². The molecule has 0 unspecified atom stereocenters. The molecule has 0 bridgehead atoms. The van der Waals surface area contributed by atoms with Gasteiger partial charge in [0.15, 0.2) is 0 Å². The van der Waals surface area contributed by atoms with Crippen LogP contribution in [-0.2, 0) is 4.74 Å². The van der Waals surface area contributed by atoms with Crippen molar-refractivity contribution in [1.82, 2.24) is 0 Å². The fraction of sp³-hybridized carbons (Fsp3) is 0.222. The smallest absolute Gasteiger partial charge is 0.437 e. The van der Waals surface area contributed by atoms with Gasteiger partial charge < -0.3 is 9.47 Å². The monoisotopic (exact) mass is 252 g/mol. The minimum atomic E-state index is -4.37. The Morgan fingerprint density at radius 3 is 2.62 bits per heavy atom. The molecule has 1 aromatic rings. The van der Waals surface area contributed by atoms with Crippen molar-refractivity contribution in [3.63, 3.8) is 0 Å². The summed E-state index contributed by atoms with van der Waals surface area (Å²) in [5.74, 6) is 0.00102. The van der Waals surface area contributed by atoms with E-state index in [1.807, 2.05) is 0 Å². The van der Waals surface area contributed by atoms with Gasteiger partial charge in [-0.15, -0.1) is 0 Å². The summed E-state index contributed by atoms with van der Waals surface area (Å²) in [5, 5.41) is 0. The van der Waals surface area contributed by atoms with E-state index in [0.717, 1.165) is 13.2 Å². The SMILES string of the molecule is COC(=O)Oc1cccc(SC(F)(F)F)c1. The molecular formula is C9H7F3O3S. The number of ether oxygens (including phenoxy) is 2. The van der Waals surface area contributed by atoms with Crippen LogP contribution >= 0.6 is 11.8 Å². The summed E-state index contributed by atoms with van der Waals surface area (Å²) < 4.78 is 44.9. The predicted octanol–water partition coefficient (Wildman–Crippen LogP) is 3.44. The van der Waals surface area contributed by atoms with Crippen LogP contribution in [0.5, 0.6) is 5.75 Å². The third-order valence-corrected chi connectivity index (χ3v) is 2.13. The normalized spacial score (nSPS) is 11.0. The molecule has 0 saturated carbocycles. The third kappa shape index (κ3) is 4.43. The van der Waals surface area contributed by atoms with E-state index in [-0.39, 0.29) is 22.4 Å². The van der Waals surface area contributed by atoms with E-state index in [9.17, 15) is 18.0 Å². The molecule has 0 aliphatic rings. The molecule has 0 amide bonds. The molecule has 1 rings (SSSR count). The van der Waals surface area contributed by atoms with Crippen molar-refractivity contribution in [3.8, 4) is 5.75 Å². The van der Waals surface area contributed by atoms with Gasteiger partial charge in [-0.1, -0.05) is 6.07 Å². The molecule has 0 spiro atoms. The predicted molar refractivity (Wildman–Crippen MR) is 51.4 cm³/mol. The standard InChI is InChI=1S/C9H7F3O3S/c1-14-8(13)15-6-3-2-4-7(5-6)16-9(10,11)12/h2-5H,1H3. The lowest BCUT2D eigenvalue weighted by molar-refractivity contribution is -0.0328. The first kappa shape index (κ1) is 12.7. The van der Waals surface area contributed by atoms with Crippen LogP contribution in [0.2, 0.25) is 0 Å². The van der Waals surface area contributed by atoms with Gasteiger partial charge in [-0.05, 0) is 30.0 Å². The van der Waals surface area contributed by atoms with Crippen molar-refractivity contribution in [3.05, 3.63) is 24.3 Å². The van der Waals surface area contributed by atoms with Crippen molar-refractivity contribution < 1.29 is 27.4 Å². The molecule has 0 N–H and O–H groups in total. The maximum absolute atomic E-state index is 12.0. The maximum Gasteiger partial charge on any atom is 0.513 e. The van der Waals surface area contributed by atoms with E-state index >= 15 is 0 Å². The molecule has 0 atom stereocenters. The molecule has 0 saturated heterocycles. The Morgan fingerprint density at radius 2 is 2.06 bits per heavy atom. The number of hydrogen-bond acceptors (Lipinski definition) is 4. The number of hydrogen-bond donors (Lipinski definition) is 0. The summed E-state index contributed by atoms with van der Waals surface area (Å²) in [6.07, 6.45) is -0.978. The van der Waals surface area contributed by atoms with Crippen LogP contribution < -0.4 is 4.74 Å². The lowest BCUT2D eigenvalue weighted by Gasteiger charge is -2.07. The second kappa shape index (κ2) is 5.11. The molecule has 0 aliphatic heterocycles. The molecule has 0 aliphatic carbocycles. The number of benzene rings is 1. The number of methoxy groups -OCH3 is 1. The summed E-state index contributed by atoms with van der Waals surface area (Å²) in [6, 6.07) is 5.08. The van der Waals surface area contributed by atoms with Gasteiger partial charge in [0.1, 0.15) is 5.75 Å². The number of thioether (sulfide) groups is 1. The van der Waals surface area contributed by atoms with Gasteiger partial charge in [-0.2, -0.15) is 13.2 Å². The Balaban J connectivity index is 2.75. The minimum absolute atomic E-state index is 0.00102. The maximum atomic E-state index is 12.0. The Bertz CT molecular complexity index is 379. The second-order valence-corrected chi connectivity index (χ2v) is 3.72. The average molecular weight is 252 g/mol. The van der Waals surface area contributed by atoms with Crippen LogP contribution in [0.4, 0.5) is 18.0 Å². The molecule has 0 radical (unpaired) electrons. The highest BCUT2D eigenvalue weighted by Gasteiger charge is 2.29. The lowest BCUT2D eigenvalue weighted by Crippen LogP contribution is -2.07. The Kier molecular flexibility index (Phi) is 4.05. The Hall–Kier alpha value is -1.37. The number of carbonyl (C=O) groups is 1. The zero-order valence-electron chi connectivity index (χ0n) is 8.08. The van der Waals surface area contributed by atoms with Gasteiger partial charge in [0, 0.05) is 4.90 Å². The Morgan fingerprint density at radius 1 is 1.38 bits per heavy atom. The van der Waals surface area contributed by atoms with Crippen molar-refractivity contribution in [1.29, 1.82) is 0 Å². The molecule has 0 heterocycles. The number of rotatable bonds is 2. The minimum Gasteiger partial charge on any atom is -0.437 e. The molecule has 3 nitrogen and oxygen atoms in total. The fourth-order valence-electron chi connectivity index (χ4n) is 0.873. The van der Waals surface area contributed by atoms with Gasteiger partial charge >= 0.3 is 11.7 Å². The molecule has 88 valence electrons. The van der Waals surface area contributed by atoms with Crippen LogP contribution in [-0.4, -0.2) is 18.8 Å². The number of halogens is 3. The summed E-state index contributed by atoms with van der Waals surface area (Å²) in [4.78, 5) is 10.6. The van der Waals surface area contributed by atoms with Gasteiger partial charge in [0.2, 0.25) is 0 Å². The Labute approximate surface area is 93.5 Å². The van der Waals surface area contributed by atoms with E-state index in [1.54, 1.807) is 0 Å².